The summed E-state index contributed by atoms with van der Waals surface area (Å²) in [4.78, 5) is 0. The van der Waals surface area contributed by atoms with Gasteiger partial charge in [-0.05, 0) is 28.1 Å². The number of ether oxygens (including phenoxy) is 1. The second kappa shape index (κ2) is 4.44. The number of phenolic OH excluding ortho intramolecular Hbond substituents is 1. The maximum atomic E-state index is 12.3. The molecule has 0 saturated heterocycles. The first kappa shape index (κ1) is 13.0. The zero-order valence-corrected chi connectivity index (χ0v) is 8.94. The van der Waals surface area contributed by atoms with E-state index in [4.69, 9.17) is 5.11 Å². The maximum Gasteiger partial charge on any atom is 0.416 e. The molecule has 0 aliphatic rings. The summed E-state index contributed by atoms with van der Waals surface area (Å²) in [6.45, 7) is -3.32. The van der Waals surface area contributed by atoms with Crippen molar-refractivity contribution in [2.24, 2.45) is 0 Å². The Morgan fingerprint density at radius 3 is 2.25 bits per heavy atom. The summed E-state index contributed by atoms with van der Waals surface area (Å²) in [5.74, 6) is -1.75. The minimum Gasteiger partial charge on any atom is -0.503 e. The van der Waals surface area contributed by atoms with Crippen LogP contribution in [0.2, 0.25) is 0 Å². The monoisotopic (exact) mass is 306 g/mol. The van der Waals surface area contributed by atoms with Crippen LogP contribution in [0.15, 0.2) is 16.6 Å². The van der Waals surface area contributed by atoms with Gasteiger partial charge in [0, 0.05) is 0 Å². The van der Waals surface area contributed by atoms with E-state index < -0.39 is 29.9 Å². The zero-order valence-electron chi connectivity index (χ0n) is 7.36. The Labute approximate surface area is 94.8 Å². The van der Waals surface area contributed by atoms with E-state index in [0.717, 1.165) is 0 Å². The van der Waals surface area contributed by atoms with Crippen molar-refractivity contribution < 1.29 is 31.8 Å². The SMILES string of the molecule is Oc1c(Br)cc(C(F)(F)F)cc1OC(F)F. The largest absolute Gasteiger partial charge is 0.503 e. The number of aromatic hydroxyl groups is 1. The van der Waals surface area contributed by atoms with Gasteiger partial charge < -0.3 is 9.84 Å². The van der Waals surface area contributed by atoms with Crippen LogP contribution in [0.5, 0.6) is 11.5 Å². The fraction of sp³-hybridized carbons (Fsp3) is 0.250. The second-order valence-corrected chi connectivity index (χ2v) is 3.54. The van der Waals surface area contributed by atoms with Gasteiger partial charge in [0.2, 0.25) is 0 Å². The number of hydrogen-bond donors (Lipinski definition) is 1. The summed E-state index contributed by atoms with van der Waals surface area (Å²) in [6, 6.07) is 0.861. The number of phenols is 1. The van der Waals surface area contributed by atoms with Gasteiger partial charge in [0.05, 0.1) is 10.0 Å². The maximum absolute atomic E-state index is 12.3. The third-order valence-corrected chi connectivity index (χ3v) is 2.18. The molecule has 0 amide bonds. The van der Waals surface area contributed by atoms with Gasteiger partial charge in [0.1, 0.15) is 0 Å². The van der Waals surface area contributed by atoms with Crippen molar-refractivity contribution in [1.82, 2.24) is 0 Å². The lowest BCUT2D eigenvalue weighted by Gasteiger charge is -2.12. The van der Waals surface area contributed by atoms with Crippen LogP contribution >= 0.6 is 15.9 Å². The van der Waals surface area contributed by atoms with Crippen LogP contribution < -0.4 is 4.74 Å². The highest BCUT2D eigenvalue weighted by Gasteiger charge is 2.32. The molecule has 0 unspecified atom stereocenters. The molecule has 1 rings (SSSR count). The summed E-state index contributed by atoms with van der Waals surface area (Å²) in [5, 5.41) is 9.16. The molecule has 0 spiro atoms. The molecule has 8 heteroatoms. The number of hydrogen-bond acceptors (Lipinski definition) is 2. The van der Waals surface area contributed by atoms with Gasteiger partial charge in [-0.3, -0.25) is 0 Å². The molecule has 0 heterocycles. The molecule has 1 N–H and O–H groups in total. The predicted molar refractivity (Wildman–Crippen MR) is 47.4 cm³/mol. The van der Waals surface area contributed by atoms with Gasteiger partial charge in [-0.15, -0.1) is 0 Å². The van der Waals surface area contributed by atoms with E-state index in [2.05, 4.69) is 20.7 Å². The summed E-state index contributed by atoms with van der Waals surface area (Å²) in [5.41, 5.74) is -1.20. The Morgan fingerprint density at radius 1 is 1.25 bits per heavy atom. The van der Waals surface area contributed by atoms with E-state index in [1.165, 1.54) is 0 Å². The fourth-order valence-electron chi connectivity index (χ4n) is 0.923. The highest BCUT2D eigenvalue weighted by atomic mass is 79.9. The minimum absolute atomic E-state index is 0.298. The smallest absolute Gasteiger partial charge is 0.416 e. The van der Waals surface area contributed by atoms with Crippen LogP contribution in [0.1, 0.15) is 5.56 Å². The van der Waals surface area contributed by atoms with Crippen molar-refractivity contribution >= 4 is 15.9 Å². The topological polar surface area (TPSA) is 29.5 Å². The lowest BCUT2D eigenvalue weighted by molar-refractivity contribution is -0.138. The van der Waals surface area contributed by atoms with Crippen molar-refractivity contribution in [1.29, 1.82) is 0 Å². The van der Waals surface area contributed by atoms with Crippen molar-refractivity contribution in [3.05, 3.63) is 22.2 Å². The molecule has 0 aliphatic carbocycles. The highest BCUT2D eigenvalue weighted by molar-refractivity contribution is 9.10. The molecular weight excluding hydrogens is 303 g/mol. The predicted octanol–water partition coefficient (Wildman–Crippen LogP) is 3.77. The van der Waals surface area contributed by atoms with E-state index in [-0.39, 0.29) is 4.47 Å². The van der Waals surface area contributed by atoms with Gasteiger partial charge in [0.25, 0.3) is 0 Å². The summed E-state index contributed by atoms with van der Waals surface area (Å²) < 4.78 is 63.8. The van der Waals surface area contributed by atoms with Gasteiger partial charge in [-0.1, -0.05) is 0 Å². The highest BCUT2D eigenvalue weighted by Crippen LogP contribution is 2.41. The third kappa shape index (κ3) is 2.97. The summed E-state index contributed by atoms with van der Waals surface area (Å²) >= 11 is 2.60. The molecule has 1 aromatic rings. The van der Waals surface area contributed by atoms with Crippen LogP contribution in [-0.2, 0) is 6.18 Å². The second-order valence-electron chi connectivity index (χ2n) is 2.68. The first-order valence-corrected chi connectivity index (χ1v) is 4.55. The van der Waals surface area contributed by atoms with E-state index in [1.54, 1.807) is 0 Å². The first-order valence-electron chi connectivity index (χ1n) is 3.76. The Balaban J connectivity index is 3.22. The molecule has 16 heavy (non-hydrogen) atoms. The van der Waals surface area contributed by atoms with Crippen molar-refractivity contribution in [3.8, 4) is 11.5 Å². The molecule has 0 fully saturated rings. The molecule has 0 aromatic heterocycles. The Hall–Kier alpha value is -1.05. The molecule has 1 aromatic carbocycles. The quantitative estimate of drug-likeness (QED) is 0.843. The van der Waals surface area contributed by atoms with Crippen LogP contribution in [0.4, 0.5) is 22.0 Å². The van der Waals surface area contributed by atoms with E-state index in [0.29, 0.717) is 12.1 Å². The van der Waals surface area contributed by atoms with Crippen molar-refractivity contribution in [2.45, 2.75) is 12.8 Å². The lowest BCUT2D eigenvalue weighted by atomic mass is 10.2. The van der Waals surface area contributed by atoms with Crippen LogP contribution in [0, 0.1) is 0 Å². The lowest BCUT2D eigenvalue weighted by Crippen LogP contribution is -2.07. The summed E-state index contributed by atoms with van der Waals surface area (Å²) in [7, 11) is 0. The van der Waals surface area contributed by atoms with Crippen LogP contribution in [-0.4, -0.2) is 11.7 Å². The number of halogens is 6. The third-order valence-electron chi connectivity index (χ3n) is 1.57. The fourth-order valence-corrected chi connectivity index (χ4v) is 1.37. The molecule has 0 saturated carbocycles. The van der Waals surface area contributed by atoms with Gasteiger partial charge >= 0.3 is 12.8 Å². The average Bonchev–Trinajstić information content (AvgIpc) is 2.10. The van der Waals surface area contributed by atoms with E-state index >= 15 is 0 Å². The van der Waals surface area contributed by atoms with Gasteiger partial charge in [-0.25, -0.2) is 0 Å². The van der Waals surface area contributed by atoms with Gasteiger partial charge in [0.15, 0.2) is 11.5 Å². The van der Waals surface area contributed by atoms with Gasteiger partial charge in [-0.2, -0.15) is 22.0 Å². The number of benzene rings is 1. The number of alkyl halides is 5. The average molecular weight is 307 g/mol. The Kier molecular flexibility index (Phi) is 3.61. The van der Waals surface area contributed by atoms with Crippen LogP contribution in [0.3, 0.4) is 0 Å². The molecule has 0 aliphatic heterocycles. The first-order chi connectivity index (χ1) is 7.21. The number of rotatable bonds is 2. The van der Waals surface area contributed by atoms with E-state index in [9.17, 15) is 22.0 Å². The Bertz CT molecular complexity index is 391. The molecule has 90 valence electrons. The van der Waals surface area contributed by atoms with Crippen molar-refractivity contribution in [2.75, 3.05) is 0 Å². The van der Waals surface area contributed by atoms with E-state index in [1.807, 2.05) is 0 Å². The standard InChI is InChI=1S/C8H4BrF5O2/c9-4-1-3(8(12,13)14)2-5(6(4)15)16-7(10)11/h1-2,7,15H. The van der Waals surface area contributed by atoms with Crippen molar-refractivity contribution in [3.63, 3.8) is 0 Å². The Morgan fingerprint density at radius 2 is 1.81 bits per heavy atom. The molecule has 0 atom stereocenters. The minimum atomic E-state index is -4.71. The molecular formula is C8H4BrF5O2. The normalized spacial score (nSPS) is 11.9. The molecule has 2 nitrogen and oxygen atoms in total. The zero-order chi connectivity index (χ0) is 12.5. The molecule has 0 radical (unpaired) electrons. The molecule has 0 bridgehead atoms. The summed E-state index contributed by atoms with van der Waals surface area (Å²) in [6.07, 6.45) is -4.71. The van der Waals surface area contributed by atoms with Crippen LogP contribution in [0.25, 0.3) is 0 Å².